The first-order valence-corrected chi connectivity index (χ1v) is 6.02. The molecule has 0 aliphatic carbocycles. The molecule has 18 heavy (non-hydrogen) atoms. The van der Waals surface area contributed by atoms with Crippen LogP contribution in [-0.2, 0) is 6.42 Å². The van der Waals surface area contributed by atoms with E-state index in [1.54, 1.807) is 7.11 Å². The first-order valence-electron chi connectivity index (χ1n) is 6.02. The van der Waals surface area contributed by atoms with E-state index in [2.05, 4.69) is 27.9 Å². The van der Waals surface area contributed by atoms with Gasteiger partial charge in [-0.15, -0.1) is 0 Å². The predicted molar refractivity (Wildman–Crippen MR) is 72.8 cm³/mol. The van der Waals surface area contributed by atoms with Gasteiger partial charge >= 0.3 is 0 Å². The Morgan fingerprint density at radius 2 is 2.17 bits per heavy atom. The number of azide groups is 1. The first-order chi connectivity index (χ1) is 8.69. The summed E-state index contributed by atoms with van der Waals surface area (Å²) in [5.74, 6) is 0.924. The van der Waals surface area contributed by atoms with Crippen LogP contribution in [0.5, 0.6) is 5.75 Å². The number of methoxy groups -OCH3 is 1. The zero-order chi connectivity index (χ0) is 13.4. The van der Waals surface area contributed by atoms with Gasteiger partial charge in [0.05, 0.1) is 7.11 Å². The summed E-state index contributed by atoms with van der Waals surface area (Å²) in [6.07, 6.45) is 0.913. The standard InChI is InChI=1S/C13H20N4O/c1-11(17(2)9-8-15-16-14)10-12-6-4-5-7-13(12)18-3/h4-7,11H,8-10H2,1-3H3. The molecule has 0 amide bonds. The van der Waals surface area contributed by atoms with Crippen LogP contribution in [0.4, 0.5) is 0 Å². The summed E-state index contributed by atoms with van der Waals surface area (Å²) in [4.78, 5) is 4.94. The highest BCUT2D eigenvalue weighted by Gasteiger charge is 2.11. The molecular formula is C13H20N4O. The number of rotatable bonds is 7. The first kappa shape index (κ1) is 14.4. The molecule has 98 valence electrons. The maximum absolute atomic E-state index is 8.24. The molecule has 0 aromatic heterocycles. The minimum atomic E-state index is 0.371. The van der Waals surface area contributed by atoms with Crippen LogP contribution in [0.25, 0.3) is 10.4 Å². The highest BCUT2D eigenvalue weighted by atomic mass is 16.5. The highest BCUT2D eigenvalue weighted by Crippen LogP contribution is 2.20. The molecule has 0 fully saturated rings. The summed E-state index contributed by atoms with van der Waals surface area (Å²) < 4.78 is 5.34. The van der Waals surface area contributed by atoms with Crippen LogP contribution in [-0.4, -0.2) is 38.2 Å². The van der Waals surface area contributed by atoms with Crippen LogP contribution in [0.3, 0.4) is 0 Å². The Morgan fingerprint density at radius 3 is 2.83 bits per heavy atom. The van der Waals surface area contributed by atoms with Crippen molar-refractivity contribution in [1.82, 2.24) is 4.90 Å². The molecule has 0 bridgehead atoms. The third-order valence-corrected chi connectivity index (χ3v) is 3.08. The second kappa shape index (κ2) is 7.58. The molecule has 5 nitrogen and oxygen atoms in total. The number of likely N-dealkylation sites (N-methyl/N-ethyl adjacent to an activating group) is 1. The molecule has 0 saturated heterocycles. The Morgan fingerprint density at radius 1 is 1.44 bits per heavy atom. The van der Waals surface area contributed by atoms with Crippen molar-refractivity contribution in [1.29, 1.82) is 0 Å². The summed E-state index contributed by atoms with van der Waals surface area (Å²) in [6.45, 7) is 3.42. The van der Waals surface area contributed by atoms with Crippen LogP contribution >= 0.6 is 0 Å². The van der Waals surface area contributed by atoms with Gasteiger partial charge < -0.3 is 9.64 Å². The maximum Gasteiger partial charge on any atom is 0.122 e. The van der Waals surface area contributed by atoms with E-state index in [4.69, 9.17) is 10.3 Å². The Balaban J connectivity index is 2.57. The largest absolute Gasteiger partial charge is 0.496 e. The van der Waals surface area contributed by atoms with Gasteiger partial charge in [0.15, 0.2) is 0 Å². The number of hydrogen-bond donors (Lipinski definition) is 0. The third-order valence-electron chi connectivity index (χ3n) is 3.08. The molecule has 0 heterocycles. The van der Waals surface area contributed by atoms with Gasteiger partial charge in [-0.3, -0.25) is 0 Å². The molecule has 0 radical (unpaired) electrons. The normalized spacial score (nSPS) is 12.0. The Bertz CT molecular complexity index is 415. The summed E-state index contributed by atoms with van der Waals surface area (Å²) in [7, 11) is 3.72. The second-order valence-corrected chi connectivity index (χ2v) is 4.30. The average Bonchev–Trinajstić information content (AvgIpc) is 2.39. The molecule has 1 unspecified atom stereocenters. The molecule has 0 N–H and O–H groups in total. The second-order valence-electron chi connectivity index (χ2n) is 4.30. The summed E-state index contributed by atoms with van der Waals surface area (Å²) >= 11 is 0. The highest BCUT2D eigenvalue weighted by molar-refractivity contribution is 5.33. The zero-order valence-corrected chi connectivity index (χ0v) is 11.2. The van der Waals surface area contributed by atoms with Crippen LogP contribution in [0.2, 0.25) is 0 Å². The molecule has 1 atom stereocenters. The van der Waals surface area contributed by atoms with E-state index < -0.39 is 0 Å². The lowest BCUT2D eigenvalue weighted by atomic mass is 10.1. The van der Waals surface area contributed by atoms with Gasteiger partial charge in [0.25, 0.3) is 0 Å². The van der Waals surface area contributed by atoms with Crippen LogP contribution in [0.15, 0.2) is 29.4 Å². The van der Waals surface area contributed by atoms with Gasteiger partial charge in [-0.25, -0.2) is 0 Å². The van der Waals surface area contributed by atoms with Gasteiger partial charge in [-0.2, -0.15) is 0 Å². The Kier molecular flexibility index (Phi) is 6.05. The van der Waals surface area contributed by atoms with Crippen molar-refractivity contribution in [3.63, 3.8) is 0 Å². The van der Waals surface area contributed by atoms with Crippen molar-refractivity contribution >= 4 is 0 Å². The summed E-state index contributed by atoms with van der Waals surface area (Å²) in [5.41, 5.74) is 9.44. The molecule has 0 aliphatic rings. The van der Waals surface area contributed by atoms with Crippen LogP contribution in [0, 0.1) is 0 Å². The average molecular weight is 248 g/mol. The van der Waals surface area contributed by atoms with Crippen molar-refractivity contribution in [2.24, 2.45) is 5.11 Å². The van der Waals surface area contributed by atoms with Gasteiger partial charge in [0, 0.05) is 24.0 Å². The van der Waals surface area contributed by atoms with E-state index in [0.717, 1.165) is 18.7 Å². The zero-order valence-electron chi connectivity index (χ0n) is 11.2. The number of benzene rings is 1. The number of hydrogen-bond acceptors (Lipinski definition) is 3. The molecule has 1 aromatic rings. The van der Waals surface area contributed by atoms with Crippen molar-refractivity contribution in [3.05, 3.63) is 40.3 Å². The maximum atomic E-state index is 8.24. The quantitative estimate of drug-likeness (QED) is 0.423. The molecule has 1 aromatic carbocycles. The predicted octanol–water partition coefficient (Wildman–Crippen LogP) is 2.87. The van der Waals surface area contributed by atoms with Crippen molar-refractivity contribution in [2.45, 2.75) is 19.4 Å². The molecule has 0 spiro atoms. The number of para-hydroxylation sites is 1. The molecular weight excluding hydrogens is 228 g/mol. The molecule has 0 saturated carbocycles. The van der Waals surface area contributed by atoms with Crippen LogP contribution < -0.4 is 4.74 Å². The van der Waals surface area contributed by atoms with E-state index in [9.17, 15) is 0 Å². The van der Waals surface area contributed by atoms with Crippen LogP contribution in [0.1, 0.15) is 12.5 Å². The number of nitrogens with zero attached hydrogens (tertiary/aromatic N) is 4. The summed E-state index contributed by atoms with van der Waals surface area (Å²) in [5, 5.41) is 3.55. The Labute approximate surface area is 108 Å². The molecule has 5 heteroatoms. The SMILES string of the molecule is COc1ccccc1CC(C)N(C)CCN=[N+]=[N-]. The van der Waals surface area contributed by atoms with Crippen molar-refractivity contribution < 1.29 is 4.74 Å². The number of ether oxygens (including phenoxy) is 1. The fourth-order valence-corrected chi connectivity index (χ4v) is 1.81. The minimum Gasteiger partial charge on any atom is -0.496 e. The van der Waals surface area contributed by atoms with E-state index in [-0.39, 0.29) is 0 Å². The van der Waals surface area contributed by atoms with Gasteiger partial charge in [-0.1, -0.05) is 23.3 Å². The van der Waals surface area contributed by atoms with E-state index in [0.29, 0.717) is 12.6 Å². The smallest absolute Gasteiger partial charge is 0.122 e. The molecule has 1 rings (SSSR count). The van der Waals surface area contributed by atoms with E-state index >= 15 is 0 Å². The van der Waals surface area contributed by atoms with E-state index in [1.165, 1.54) is 5.56 Å². The fourth-order valence-electron chi connectivity index (χ4n) is 1.81. The lowest BCUT2D eigenvalue weighted by molar-refractivity contribution is 0.261. The lowest BCUT2D eigenvalue weighted by Crippen LogP contribution is -2.32. The van der Waals surface area contributed by atoms with Gasteiger partial charge in [0.1, 0.15) is 5.75 Å². The van der Waals surface area contributed by atoms with Crippen molar-refractivity contribution in [2.75, 3.05) is 27.2 Å². The fraction of sp³-hybridized carbons (Fsp3) is 0.538. The topological polar surface area (TPSA) is 61.2 Å². The summed E-state index contributed by atoms with van der Waals surface area (Å²) in [6, 6.07) is 8.41. The Hall–Kier alpha value is -1.71. The molecule has 0 aliphatic heterocycles. The van der Waals surface area contributed by atoms with Gasteiger partial charge in [0.2, 0.25) is 0 Å². The monoisotopic (exact) mass is 248 g/mol. The van der Waals surface area contributed by atoms with Crippen molar-refractivity contribution in [3.8, 4) is 5.75 Å². The lowest BCUT2D eigenvalue weighted by Gasteiger charge is -2.24. The van der Waals surface area contributed by atoms with Gasteiger partial charge in [-0.05, 0) is 37.6 Å². The third kappa shape index (κ3) is 4.28. The minimum absolute atomic E-state index is 0.371. The van der Waals surface area contributed by atoms with E-state index in [1.807, 2.05) is 25.2 Å².